The van der Waals surface area contributed by atoms with Crippen molar-refractivity contribution in [2.45, 2.75) is 33.6 Å². The monoisotopic (exact) mass is 223 g/mol. The Labute approximate surface area is 96.8 Å². The maximum absolute atomic E-state index is 5.35. The van der Waals surface area contributed by atoms with E-state index < -0.39 is 0 Å². The highest BCUT2D eigenvalue weighted by molar-refractivity contribution is 5.55. The summed E-state index contributed by atoms with van der Waals surface area (Å²) in [5.41, 5.74) is 3.51. The van der Waals surface area contributed by atoms with Crippen LogP contribution in [0.5, 0.6) is 0 Å². The highest BCUT2D eigenvalue weighted by Crippen LogP contribution is 2.17. The number of nitrogens with one attached hydrogen (secondary N) is 2. The van der Waals surface area contributed by atoms with Crippen LogP contribution in [-0.2, 0) is 0 Å². The van der Waals surface area contributed by atoms with Gasteiger partial charge in [0.05, 0.1) is 0 Å². The van der Waals surface area contributed by atoms with Gasteiger partial charge in [-0.25, -0.2) is 15.8 Å². The molecule has 16 heavy (non-hydrogen) atoms. The van der Waals surface area contributed by atoms with Crippen LogP contribution in [0.1, 0.15) is 32.3 Å². The molecule has 4 N–H and O–H groups in total. The maximum Gasteiger partial charge on any atom is 0.148 e. The zero-order valence-electron chi connectivity index (χ0n) is 10.2. The number of aromatic nitrogens is 2. The lowest BCUT2D eigenvalue weighted by molar-refractivity contribution is 0.566. The first-order valence-electron chi connectivity index (χ1n) is 5.67. The molecule has 0 aliphatic carbocycles. The van der Waals surface area contributed by atoms with Crippen LogP contribution in [0.2, 0.25) is 0 Å². The van der Waals surface area contributed by atoms with Crippen molar-refractivity contribution in [1.82, 2.24) is 9.97 Å². The second-order valence-corrected chi connectivity index (χ2v) is 4.30. The Bertz CT molecular complexity index is 324. The standard InChI is InChI=1S/C11H21N5/c1-8(2)5-4-6-13-10-9(3)11(16-12)15-7-14-10/h7-8H,4-6,12H2,1-3H3,(H2,13,14,15,16). The molecular formula is C11H21N5. The Morgan fingerprint density at radius 1 is 1.31 bits per heavy atom. The molecule has 1 aromatic heterocycles. The summed E-state index contributed by atoms with van der Waals surface area (Å²) in [4.78, 5) is 8.21. The van der Waals surface area contributed by atoms with Gasteiger partial charge in [0.1, 0.15) is 18.0 Å². The third kappa shape index (κ3) is 3.66. The summed E-state index contributed by atoms with van der Waals surface area (Å²) in [5, 5.41) is 3.30. The van der Waals surface area contributed by atoms with Gasteiger partial charge < -0.3 is 10.7 Å². The number of nitrogen functional groups attached to an aromatic ring is 1. The molecule has 0 unspecified atom stereocenters. The van der Waals surface area contributed by atoms with Crippen LogP contribution in [0, 0.1) is 12.8 Å². The number of hydrazine groups is 1. The number of hydrogen-bond donors (Lipinski definition) is 3. The van der Waals surface area contributed by atoms with Crippen molar-refractivity contribution >= 4 is 11.6 Å². The summed E-state index contributed by atoms with van der Waals surface area (Å²) >= 11 is 0. The van der Waals surface area contributed by atoms with Crippen molar-refractivity contribution in [1.29, 1.82) is 0 Å². The average Bonchev–Trinajstić information content (AvgIpc) is 2.26. The number of rotatable bonds is 6. The molecule has 1 aromatic rings. The molecule has 0 atom stereocenters. The van der Waals surface area contributed by atoms with E-state index in [4.69, 9.17) is 5.84 Å². The maximum atomic E-state index is 5.35. The molecule has 0 radical (unpaired) electrons. The van der Waals surface area contributed by atoms with Gasteiger partial charge in [-0.15, -0.1) is 0 Å². The average molecular weight is 223 g/mol. The lowest BCUT2D eigenvalue weighted by atomic mass is 10.1. The van der Waals surface area contributed by atoms with Gasteiger partial charge in [0, 0.05) is 12.1 Å². The van der Waals surface area contributed by atoms with E-state index in [9.17, 15) is 0 Å². The van der Waals surface area contributed by atoms with Crippen molar-refractivity contribution in [2.75, 3.05) is 17.3 Å². The third-order valence-corrected chi connectivity index (χ3v) is 2.47. The van der Waals surface area contributed by atoms with E-state index >= 15 is 0 Å². The molecule has 0 aliphatic heterocycles. The van der Waals surface area contributed by atoms with E-state index in [1.54, 1.807) is 0 Å². The van der Waals surface area contributed by atoms with Crippen LogP contribution in [0.3, 0.4) is 0 Å². The van der Waals surface area contributed by atoms with Gasteiger partial charge in [-0.2, -0.15) is 0 Å². The van der Waals surface area contributed by atoms with Crippen molar-refractivity contribution in [3.63, 3.8) is 0 Å². The van der Waals surface area contributed by atoms with Gasteiger partial charge >= 0.3 is 0 Å². The van der Waals surface area contributed by atoms with Crippen molar-refractivity contribution in [3.05, 3.63) is 11.9 Å². The van der Waals surface area contributed by atoms with Crippen LogP contribution in [0.4, 0.5) is 11.6 Å². The van der Waals surface area contributed by atoms with Gasteiger partial charge in [-0.05, 0) is 25.7 Å². The van der Waals surface area contributed by atoms with Crippen LogP contribution >= 0.6 is 0 Å². The first-order chi connectivity index (χ1) is 7.65. The van der Waals surface area contributed by atoms with E-state index in [-0.39, 0.29) is 0 Å². The lowest BCUT2D eigenvalue weighted by Gasteiger charge is -2.11. The zero-order valence-corrected chi connectivity index (χ0v) is 10.2. The van der Waals surface area contributed by atoms with Crippen molar-refractivity contribution in [3.8, 4) is 0 Å². The molecule has 1 rings (SSSR count). The summed E-state index contributed by atoms with van der Waals surface area (Å²) < 4.78 is 0. The van der Waals surface area contributed by atoms with E-state index in [1.807, 2.05) is 6.92 Å². The fourth-order valence-electron chi connectivity index (χ4n) is 1.49. The Morgan fingerprint density at radius 3 is 2.62 bits per heavy atom. The van der Waals surface area contributed by atoms with Gasteiger partial charge in [-0.1, -0.05) is 13.8 Å². The quantitative estimate of drug-likeness (QED) is 0.390. The van der Waals surface area contributed by atoms with Gasteiger partial charge in [0.2, 0.25) is 0 Å². The summed E-state index contributed by atoms with van der Waals surface area (Å²) in [6, 6.07) is 0. The molecule has 5 heteroatoms. The second-order valence-electron chi connectivity index (χ2n) is 4.30. The molecule has 1 heterocycles. The van der Waals surface area contributed by atoms with Crippen molar-refractivity contribution < 1.29 is 0 Å². The number of nitrogens with two attached hydrogens (primary N) is 1. The molecular weight excluding hydrogens is 202 g/mol. The molecule has 0 aromatic carbocycles. The van der Waals surface area contributed by atoms with Crippen LogP contribution in [0.25, 0.3) is 0 Å². The minimum atomic E-state index is 0.668. The lowest BCUT2D eigenvalue weighted by Crippen LogP contribution is -2.13. The predicted molar refractivity (Wildman–Crippen MR) is 67.1 cm³/mol. The van der Waals surface area contributed by atoms with Gasteiger partial charge in [0.15, 0.2) is 0 Å². The van der Waals surface area contributed by atoms with Crippen LogP contribution in [-0.4, -0.2) is 16.5 Å². The molecule has 0 fully saturated rings. The molecule has 0 saturated carbocycles. The second kappa shape index (κ2) is 6.27. The third-order valence-electron chi connectivity index (χ3n) is 2.47. The fraction of sp³-hybridized carbons (Fsp3) is 0.636. The molecule has 0 aliphatic rings. The minimum absolute atomic E-state index is 0.668. The van der Waals surface area contributed by atoms with Gasteiger partial charge in [-0.3, -0.25) is 0 Å². The number of anilines is 2. The van der Waals surface area contributed by atoms with E-state index in [1.165, 1.54) is 12.7 Å². The molecule has 0 amide bonds. The summed E-state index contributed by atoms with van der Waals surface area (Å²) in [6.07, 6.45) is 3.87. The van der Waals surface area contributed by atoms with Crippen LogP contribution in [0.15, 0.2) is 6.33 Å². The van der Waals surface area contributed by atoms with Crippen LogP contribution < -0.4 is 16.6 Å². The van der Waals surface area contributed by atoms with E-state index in [0.717, 1.165) is 30.3 Å². The molecule has 5 nitrogen and oxygen atoms in total. The fourth-order valence-corrected chi connectivity index (χ4v) is 1.49. The summed E-state index contributed by atoms with van der Waals surface area (Å²) in [5.74, 6) is 7.61. The van der Waals surface area contributed by atoms with Gasteiger partial charge in [0.25, 0.3) is 0 Å². The summed E-state index contributed by atoms with van der Waals surface area (Å²) in [7, 11) is 0. The Morgan fingerprint density at radius 2 is 2.00 bits per heavy atom. The Balaban J connectivity index is 2.47. The molecule has 0 bridgehead atoms. The summed E-state index contributed by atoms with van der Waals surface area (Å²) in [6.45, 7) is 7.33. The van der Waals surface area contributed by atoms with E-state index in [0.29, 0.717) is 5.82 Å². The SMILES string of the molecule is Cc1c(NN)ncnc1NCCCC(C)C. The number of nitrogens with zero attached hydrogens (tertiary/aromatic N) is 2. The van der Waals surface area contributed by atoms with E-state index in [2.05, 4.69) is 34.6 Å². The topological polar surface area (TPSA) is 75.9 Å². The zero-order chi connectivity index (χ0) is 12.0. The molecule has 90 valence electrons. The highest BCUT2D eigenvalue weighted by atomic mass is 15.3. The molecule has 0 saturated heterocycles. The van der Waals surface area contributed by atoms with Crippen molar-refractivity contribution in [2.24, 2.45) is 11.8 Å². The molecule has 0 spiro atoms. The first-order valence-corrected chi connectivity index (χ1v) is 5.67. The number of hydrogen-bond acceptors (Lipinski definition) is 5. The first kappa shape index (κ1) is 12.7. The normalized spacial score (nSPS) is 10.6. The Kier molecular flexibility index (Phi) is 4.98. The largest absolute Gasteiger partial charge is 0.370 e. The minimum Gasteiger partial charge on any atom is -0.370 e. The Hall–Kier alpha value is -1.36. The predicted octanol–water partition coefficient (Wildman–Crippen LogP) is 1.92. The highest BCUT2D eigenvalue weighted by Gasteiger charge is 2.04. The smallest absolute Gasteiger partial charge is 0.148 e.